The van der Waals surface area contributed by atoms with E-state index in [0.717, 1.165) is 6.42 Å². The second-order valence-electron chi connectivity index (χ2n) is 8.40. The molecular formula is C27H30. The highest BCUT2D eigenvalue weighted by Crippen LogP contribution is 2.41. The topological polar surface area (TPSA) is 0 Å². The SMILES string of the molecule is C/C(=C\C(C)(CC(C)(C)c1ccccc1)c1ccccc1)c1ccccc1. The molecule has 0 aliphatic heterocycles. The first-order valence-corrected chi connectivity index (χ1v) is 9.77. The largest absolute Gasteiger partial charge is 0.0706 e. The van der Waals surface area contributed by atoms with E-state index in [9.17, 15) is 0 Å². The van der Waals surface area contributed by atoms with Crippen LogP contribution in [-0.2, 0) is 10.8 Å². The van der Waals surface area contributed by atoms with E-state index in [4.69, 9.17) is 0 Å². The maximum atomic E-state index is 2.46. The van der Waals surface area contributed by atoms with Gasteiger partial charge in [-0.2, -0.15) is 0 Å². The Kier molecular flexibility index (Phi) is 5.65. The van der Waals surface area contributed by atoms with Crippen LogP contribution in [0.2, 0.25) is 0 Å². The summed E-state index contributed by atoms with van der Waals surface area (Å²) in [5.41, 5.74) is 5.38. The van der Waals surface area contributed by atoms with Crippen molar-refractivity contribution < 1.29 is 0 Å². The zero-order valence-electron chi connectivity index (χ0n) is 16.9. The molecule has 0 nitrogen and oxygen atoms in total. The number of hydrogen-bond donors (Lipinski definition) is 0. The molecule has 27 heavy (non-hydrogen) atoms. The maximum Gasteiger partial charge on any atom is 0.0118 e. The highest BCUT2D eigenvalue weighted by atomic mass is 14.4. The first-order chi connectivity index (χ1) is 12.9. The van der Waals surface area contributed by atoms with E-state index in [1.807, 2.05) is 0 Å². The smallest absolute Gasteiger partial charge is 0.0118 e. The van der Waals surface area contributed by atoms with E-state index in [1.165, 1.54) is 22.3 Å². The Labute approximate surface area is 164 Å². The van der Waals surface area contributed by atoms with Gasteiger partial charge in [-0.1, -0.05) is 118 Å². The van der Waals surface area contributed by atoms with Crippen molar-refractivity contribution >= 4 is 5.57 Å². The van der Waals surface area contributed by atoms with E-state index < -0.39 is 0 Å². The van der Waals surface area contributed by atoms with Crippen molar-refractivity contribution in [1.82, 2.24) is 0 Å². The van der Waals surface area contributed by atoms with Gasteiger partial charge >= 0.3 is 0 Å². The van der Waals surface area contributed by atoms with Gasteiger partial charge in [0.25, 0.3) is 0 Å². The first kappa shape index (κ1) is 19.2. The van der Waals surface area contributed by atoms with Gasteiger partial charge in [0, 0.05) is 5.41 Å². The lowest BCUT2D eigenvalue weighted by atomic mass is 9.67. The predicted molar refractivity (Wildman–Crippen MR) is 118 cm³/mol. The highest BCUT2D eigenvalue weighted by Gasteiger charge is 2.33. The molecule has 0 saturated carbocycles. The Morgan fingerprint density at radius 1 is 0.667 bits per heavy atom. The maximum absolute atomic E-state index is 2.46. The third-order valence-electron chi connectivity index (χ3n) is 5.56. The Bertz CT molecular complexity index is 873. The molecule has 0 aliphatic rings. The normalized spacial score (nSPS) is 14.6. The molecule has 0 heteroatoms. The molecule has 0 aromatic heterocycles. The zero-order valence-corrected chi connectivity index (χ0v) is 16.9. The molecule has 0 heterocycles. The molecule has 3 aromatic rings. The monoisotopic (exact) mass is 354 g/mol. The van der Waals surface area contributed by atoms with Crippen molar-refractivity contribution in [2.24, 2.45) is 0 Å². The van der Waals surface area contributed by atoms with Crippen LogP contribution in [0.5, 0.6) is 0 Å². The fourth-order valence-electron chi connectivity index (χ4n) is 4.23. The van der Waals surface area contributed by atoms with Crippen LogP contribution in [0.1, 0.15) is 50.8 Å². The molecule has 3 rings (SSSR count). The minimum atomic E-state index is -0.0550. The molecule has 0 saturated heterocycles. The Balaban J connectivity index is 2.04. The molecule has 0 amide bonds. The zero-order chi connectivity index (χ0) is 19.3. The van der Waals surface area contributed by atoms with Gasteiger partial charge in [0.05, 0.1) is 0 Å². The summed E-state index contributed by atoms with van der Waals surface area (Å²) in [5.74, 6) is 0. The van der Waals surface area contributed by atoms with Crippen LogP contribution in [0.25, 0.3) is 5.57 Å². The second-order valence-corrected chi connectivity index (χ2v) is 8.40. The van der Waals surface area contributed by atoms with Crippen molar-refractivity contribution in [3.8, 4) is 0 Å². The van der Waals surface area contributed by atoms with Crippen LogP contribution < -0.4 is 0 Å². The van der Waals surface area contributed by atoms with E-state index in [2.05, 4.69) is 125 Å². The second kappa shape index (κ2) is 7.96. The molecule has 0 N–H and O–H groups in total. The molecule has 3 aromatic carbocycles. The fourth-order valence-corrected chi connectivity index (χ4v) is 4.23. The molecular weight excluding hydrogens is 324 g/mol. The first-order valence-electron chi connectivity index (χ1n) is 9.77. The van der Waals surface area contributed by atoms with Crippen LogP contribution in [0.3, 0.4) is 0 Å². The summed E-state index contributed by atoms with van der Waals surface area (Å²) < 4.78 is 0. The number of rotatable bonds is 6. The van der Waals surface area contributed by atoms with Gasteiger partial charge in [-0.3, -0.25) is 0 Å². The van der Waals surface area contributed by atoms with Crippen LogP contribution >= 0.6 is 0 Å². The minimum Gasteiger partial charge on any atom is -0.0706 e. The summed E-state index contributed by atoms with van der Waals surface area (Å²) in [6.07, 6.45) is 3.50. The molecule has 0 bridgehead atoms. The predicted octanol–water partition coefficient (Wildman–Crippen LogP) is 7.42. The van der Waals surface area contributed by atoms with Gasteiger partial charge in [0.1, 0.15) is 0 Å². The van der Waals surface area contributed by atoms with Crippen LogP contribution in [0, 0.1) is 0 Å². The van der Waals surface area contributed by atoms with Gasteiger partial charge in [-0.05, 0) is 41.0 Å². The van der Waals surface area contributed by atoms with Crippen molar-refractivity contribution in [2.45, 2.75) is 44.9 Å². The van der Waals surface area contributed by atoms with Crippen molar-refractivity contribution in [3.63, 3.8) is 0 Å². The Morgan fingerprint density at radius 2 is 1.11 bits per heavy atom. The van der Waals surface area contributed by atoms with E-state index in [0.29, 0.717) is 0 Å². The third-order valence-corrected chi connectivity index (χ3v) is 5.56. The Morgan fingerprint density at radius 3 is 1.63 bits per heavy atom. The van der Waals surface area contributed by atoms with Gasteiger partial charge in [0.15, 0.2) is 0 Å². The number of allylic oxidation sites excluding steroid dienone is 2. The average Bonchev–Trinajstić information content (AvgIpc) is 2.69. The van der Waals surface area contributed by atoms with Gasteiger partial charge in [-0.15, -0.1) is 0 Å². The third kappa shape index (κ3) is 4.57. The van der Waals surface area contributed by atoms with Crippen molar-refractivity contribution in [1.29, 1.82) is 0 Å². The summed E-state index contributed by atoms with van der Waals surface area (Å²) in [6, 6.07) is 32.5. The summed E-state index contributed by atoms with van der Waals surface area (Å²) in [6.45, 7) is 9.32. The lowest BCUT2D eigenvalue weighted by Gasteiger charge is -2.37. The van der Waals surface area contributed by atoms with Crippen molar-refractivity contribution in [2.75, 3.05) is 0 Å². The molecule has 1 unspecified atom stereocenters. The van der Waals surface area contributed by atoms with Crippen molar-refractivity contribution in [3.05, 3.63) is 114 Å². The highest BCUT2D eigenvalue weighted by molar-refractivity contribution is 5.65. The molecule has 0 spiro atoms. The number of hydrogen-bond acceptors (Lipinski definition) is 0. The molecule has 0 aliphatic carbocycles. The molecule has 138 valence electrons. The van der Waals surface area contributed by atoms with Crippen LogP contribution in [0.15, 0.2) is 97.1 Å². The quantitative estimate of drug-likeness (QED) is 0.432. The lowest BCUT2D eigenvalue weighted by molar-refractivity contribution is 0.379. The summed E-state index contributed by atoms with van der Waals surface area (Å²) in [4.78, 5) is 0. The molecule has 0 fully saturated rings. The van der Waals surface area contributed by atoms with E-state index >= 15 is 0 Å². The minimum absolute atomic E-state index is 0.0550. The fraction of sp³-hybridized carbons (Fsp3) is 0.259. The van der Waals surface area contributed by atoms with E-state index in [1.54, 1.807) is 0 Å². The van der Waals surface area contributed by atoms with E-state index in [-0.39, 0.29) is 10.8 Å². The van der Waals surface area contributed by atoms with Gasteiger partial charge < -0.3 is 0 Å². The lowest BCUT2D eigenvalue weighted by Crippen LogP contribution is -2.31. The van der Waals surface area contributed by atoms with Crippen LogP contribution in [-0.4, -0.2) is 0 Å². The van der Waals surface area contributed by atoms with Gasteiger partial charge in [0.2, 0.25) is 0 Å². The summed E-state index contributed by atoms with van der Waals surface area (Å²) >= 11 is 0. The molecule has 0 radical (unpaired) electrons. The summed E-state index contributed by atoms with van der Waals surface area (Å²) in [7, 11) is 0. The summed E-state index contributed by atoms with van der Waals surface area (Å²) in [5, 5.41) is 0. The molecule has 1 atom stereocenters. The average molecular weight is 355 g/mol. The Hall–Kier alpha value is -2.60. The standard InChI is InChI=1S/C27H30/c1-22(23-14-8-5-9-15-23)20-27(4,25-18-12-7-13-19-25)21-26(2,3)24-16-10-6-11-17-24/h5-20H,21H2,1-4H3/b22-20+. The van der Waals surface area contributed by atoms with Gasteiger partial charge in [-0.25, -0.2) is 0 Å². The number of benzene rings is 3. The van der Waals surface area contributed by atoms with Crippen LogP contribution in [0.4, 0.5) is 0 Å².